The molecule has 0 radical (unpaired) electrons. The summed E-state index contributed by atoms with van der Waals surface area (Å²) in [6.45, 7) is 1.66. The zero-order chi connectivity index (χ0) is 20.5. The zero-order valence-corrected chi connectivity index (χ0v) is 15.7. The number of carbonyl (C=O) groups excluding carboxylic acids is 1. The first kappa shape index (κ1) is 18.8. The lowest BCUT2D eigenvalue weighted by Crippen LogP contribution is -2.14. The maximum atomic E-state index is 13.4. The monoisotopic (exact) mass is 415 g/mol. The van der Waals surface area contributed by atoms with E-state index in [4.69, 9.17) is 0 Å². The Morgan fingerprint density at radius 3 is 2.52 bits per heavy atom. The van der Waals surface area contributed by atoms with Crippen molar-refractivity contribution in [2.45, 2.75) is 6.92 Å². The van der Waals surface area contributed by atoms with Gasteiger partial charge in [0, 0.05) is 10.9 Å². The molecule has 146 valence electrons. The van der Waals surface area contributed by atoms with Crippen molar-refractivity contribution in [3.8, 4) is 16.9 Å². The van der Waals surface area contributed by atoms with Crippen molar-refractivity contribution in [3.63, 3.8) is 0 Å². The van der Waals surface area contributed by atoms with Gasteiger partial charge in [0.25, 0.3) is 5.91 Å². The van der Waals surface area contributed by atoms with Crippen LogP contribution in [0, 0.1) is 24.4 Å². The van der Waals surface area contributed by atoms with E-state index in [1.165, 1.54) is 35.0 Å². The Morgan fingerprint density at radius 1 is 1.03 bits per heavy atom. The Balaban J connectivity index is 1.53. The van der Waals surface area contributed by atoms with Gasteiger partial charge in [0.15, 0.2) is 16.8 Å². The van der Waals surface area contributed by atoms with Crippen LogP contribution in [0.3, 0.4) is 0 Å². The van der Waals surface area contributed by atoms with E-state index in [2.05, 4.69) is 20.4 Å². The molecule has 6 nitrogen and oxygen atoms in total. The van der Waals surface area contributed by atoms with E-state index in [0.29, 0.717) is 22.8 Å². The Morgan fingerprint density at radius 2 is 1.79 bits per heavy atom. The summed E-state index contributed by atoms with van der Waals surface area (Å²) < 4.78 is 41.0. The summed E-state index contributed by atoms with van der Waals surface area (Å²) in [6, 6.07) is 9.05. The summed E-state index contributed by atoms with van der Waals surface area (Å²) in [5.74, 6) is -2.53. The quantitative estimate of drug-likeness (QED) is 0.537. The summed E-state index contributed by atoms with van der Waals surface area (Å²) in [5, 5.41) is 8.59. The van der Waals surface area contributed by atoms with E-state index >= 15 is 0 Å². The first-order valence-corrected chi connectivity index (χ1v) is 9.20. The Bertz CT molecular complexity index is 1200. The maximum absolute atomic E-state index is 13.4. The maximum Gasteiger partial charge on any atom is 0.297 e. The number of hydrogen-bond donors (Lipinski definition) is 1. The van der Waals surface area contributed by atoms with Crippen molar-refractivity contribution >= 4 is 22.4 Å². The molecule has 0 atom stereocenters. The molecule has 0 aliphatic carbocycles. The van der Waals surface area contributed by atoms with Gasteiger partial charge in [-0.15, -0.1) is 16.4 Å². The molecule has 4 aromatic rings. The number of benzene rings is 2. The van der Waals surface area contributed by atoms with Gasteiger partial charge < -0.3 is 0 Å². The molecular weight excluding hydrogens is 403 g/mol. The number of anilines is 1. The molecule has 1 amide bonds. The molecule has 0 unspecified atom stereocenters. The fourth-order valence-electron chi connectivity index (χ4n) is 2.59. The van der Waals surface area contributed by atoms with Crippen LogP contribution in [-0.4, -0.2) is 25.7 Å². The average Bonchev–Trinajstić information content (AvgIpc) is 3.31. The van der Waals surface area contributed by atoms with Crippen LogP contribution in [0.5, 0.6) is 0 Å². The van der Waals surface area contributed by atoms with Crippen molar-refractivity contribution in [3.05, 3.63) is 76.9 Å². The minimum atomic E-state index is -0.980. The van der Waals surface area contributed by atoms with Gasteiger partial charge >= 0.3 is 0 Å². The van der Waals surface area contributed by atoms with E-state index in [1.54, 1.807) is 12.3 Å². The highest BCUT2D eigenvalue weighted by molar-refractivity contribution is 7.14. The van der Waals surface area contributed by atoms with Crippen LogP contribution >= 0.6 is 11.3 Å². The minimum absolute atomic E-state index is 0.0867. The number of nitrogens with zero attached hydrogens (tertiary/aromatic N) is 4. The SMILES string of the molecule is Cc1nc(C(=O)Nc2nc(-c3ccc(F)c(F)c3)cs2)nn1-c1ccc(F)cc1. The molecule has 0 aliphatic rings. The molecular formula is C19H12F3N5OS. The lowest BCUT2D eigenvalue weighted by Gasteiger charge is -2.01. The Hall–Kier alpha value is -3.53. The number of halogens is 3. The average molecular weight is 415 g/mol. The summed E-state index contributed by atoms with van der Waals surface area (Å²) in [6.07, 6.45) is 0. The number of carbonyl (C=O) groups is 1. The molecule has 0 saturated heterocycles. The molecule has 0 saturated carbocycles. The standard InChI is InChI=1S/C19H12F3N5OS/c1-10-23-17(26-27(10)13-5-3-12(20)4-6-13)18(28)25-19-24-16(9-29-19)11-2-7-14(21)15(22)8-11/h2-9H,1H3,(H,24,25,28). The Labute approximate surface area is 166 Å². The number of nitrogens with one attached hydrogen (secondary N) is 1. The molecule has 4 rings (SSSR count). The van der Waals surface area contributed by atoms with Gasteiger partial charge in [-0.05, 0) is 49.4 Å². The van der Waals surface area contributed by atoms with E-state index in [-0.39, 0.29) is 16.8 Å². The molecule has 0 spiro atoms. The third-order valence-electron chi connectivity index (χ3n) is 3.98. The smallest absolute Gasteiger partial charge is 0.295 e. The second-order valence-electron chi connectivity index (χ2n) is 5.99. The molecule has 0 aliphatic heterocycles. The first-order valence-electron chi connectivity index (χ1n) is 8.32. The summed E-state index contributed by atoms with van der Waals surface area (Å²) in [7, 11) is 0. The molecule has 2 aromatic carbocycles. The number of aromatic nitrogens is 4. The summed E-state index contributed by atoms with van der Waals surface area (Å²) >= 11 is 1.12. The molecule has 2 heterocycles. The lowest BCUT2D eigenvalue weighted by atomic mass is 10.2. The van der Waals surface area contributed by atoms with Gasteiger partial charge in [0.1, 0.15) is 11.6 Å². The molecule has 1 N–H and O–H groups in total. The first-order chi connectivity index (χ1) is 13.9. The van der Waals surface area contributed by atoms with Crippen molar-refractivity contribution in [2.24, 2.45) is 0 Å². The second kappa shape index (κ2) is 7.47. The van der Waals surface area contributed by atoms with E-state index < -0.39 is 17.5 Å². The molecule has 2 aromatic heterocycles. The topological polar surface area (TPSA) is 72.7 Å². The predicted octanol–water partition coefficient (Wildman–Crippen LogP) is 4.37. The van der Waals surface area contributed by atoms with Gasteiger partial charge in [-0.25, -0.2) is 27.8 Å². The third kappa shape index (κ3) is 3.87. The van der Waals surface area contributed by atoms with Crippen molar-refractivity contribution in [1.29, 1.82) is 0 Å². The summed E-state index contributed by atoms with van der Waals surface area (Å²) in [5.41, 5.74) is 1.34. The van der Waals surface area contributed by atoms with Crippen LogP contribution in [0.15, 0.2) is 47.8 Å². The largest absolute Gasteiger partial charge is 0.297 e. The van der Waals surface area contributed by atoms with Crippen molar-refractivity contribution < 1.29 is 18.0 Å². The molecule has 10 heteroatoms. The fraction of sp³-hybridized carbons (Fsp3) is 0.0526. The minimum Gasteiger partial charge on any atom is -0.295 e. The number of hydrogen-bond acceptors (Lipinski definition) is 5. The lowest BCUT2D eigenvalue weighted by molar-refractivity contribution is 0.101. The van der Waals surface area contributed by atoms with Gasteiger partial charge in [0.05, 0.1) is 11.4 Å². The number of amides is 1. The van der Waals surface area contributed by atoms with E-state index in [0.717, 1.165) is 23.5 Å². The highest BCUT2D eigenvalue weighted by atomic mass is 32.1. The Kier molecular flexibility index (Phi) is 4.85. The normalized spacial score (nSPS) is 10.9. The fourth-order valence-corrected chi connectivity index (χ4v) is 3.30. The van der Waals surface area contributed by atoms with Crippen LogP contribution in [0.2, 0.25) is 0 Å². The van der Waals surface area contributed by atoms with Gasteiger partial charge in [-0.1, -0.05) is 0 Å². The van der Waals surface area contributed by atoms with Crippen LogP contribution in [-0.2, 0) is 0 Å². The van der Waals surface area contributed by atoms with Crippen LogP contribution < -0.4 is 5.32 Å². The highest BCUT2D eigenvalue weighted by Gasteiger charge is 2.17. The van der Waals surface area contributed by atoms with E-state index in [9.17, 15) is 18.0 Å². The third-order valence-corrected chi connectivity index (χ3v) is 4.74. The van der Waals surface area contributed by atoms with Crippen LogP contribution in [0.25, 0.3) is 16.9 Å². The number of aryl methyl sites for hydroxylation is 1. The summed E-state index contributed by atoms with van der Waals surface area (Å²) in [4.78, 5) is 20.8. The second-order valence-corrected chi connectivity index (χ2v) is 6.85. The van der Waals surface area contributed by atoms with Crippen LogP contribution in [0.1, 0.15) is 16.4 Å². The van der Waals surface area contributed by atoms with Gasteiger partial charge in [-0.2, -0.15) is 0 Å². The highest BCUT2D eigenvalue weighted by Crippen LogP contribution is 2.26. The van der Waals surface area contributed by atoms with Crippen molar-refractivity contribution in [1.82, 2.24) is 19.7 Å². The van der Waals surface area contributed by atoms with Gasteiger partial charge in [-0.3, -0.25) is 10.1 Å². The van der Waals surface area contributed by atoms with Crippen LogP contribution in [0.4, 0.5) is 18.3 Å². The predicted molar refractivity (Wildman–Crippen MR) is 101 cm³/mol. The van der Waals surface area contributed by atoms with Gasteiger partial charge in [0.2, 0.25) is 5.82 Å². The van der Waals surface area contributed by atoms with E-state index in [1.807, 2.05) is 0 Å². The zero-order valence-electron chi connectivity index (χ0n) is 14.9. The number of rotatable bonds is 4. The van der Waals surface area contributed by atoms with Crippen molar-refractivity contribution in [2.75, 3.05) is 5.32 Å². The molecule has 0 bridgehead atoms. The molecule has 0 fully saturated rings. The number of thiazole rings is 1. The molecule has 29 heavy (non-hydrogen) atoms.